The Labute approximate surface area is 163 Å². The van der Waals surface area contributed by atoms with Crippen molar-refractivity contribution in [3.05, 3.63) is 52.5 Å². The summed E-state index contributed by atoms with van der Waals surface area (Å²) in [7, 11) is 1.53. The molecule has 0 atom stereocenters. The fourth-order valence-corrected chi connectivity index (χ4v) is 2.83. The molecule has 0 unspecified atom stereocenters. The fraction of sp³-hybridized carbons (Fsp3) is 0.300. The van der Waals surface area contributed by atoms with E-state index in [-0.39, 0.29) is 18.4 Å². The number of hydrogen-bond acceptors (Lipinski definition) is 4. The number of rotatable bonds is 7. The molecule has 2 aromatic carbocycles. The van der Waals surface area contributed by atoms with E-state index in [1.54, 1.807) is 30.3 Å². The highest BCUT2D eigenvalue weighted by Crippen LogP contribution is 2.27. The molecule has 0 aliphatic heterocycles. The second kappa shape index (κ2) is 8.31. The van der Waals surface area contributed by atoms with Crippen molar-refractivity contribution in [3.63, 3.8) is 0 Å². The molecule has 0 spiro atoms. The van der Waals surface area contributed by atoms with Crippen molar-refractivity contribution < 1.29 is 14.3 Å². The zero-order valence-corrected chi connectivity index (χ0v) is 16.0. The number of ether oxygens (including phenoxy) is 1. The van der Waals surface area contributed by atoms with Gasteiger partial charge < -0.3 is 20.7 Å². The molecule has 6 nitrogen and oxygen atoms in total. The van der Waals surface area contributed by atoms with Crippen LogP contribution in [0.25, 0.3) is 0 Å². The van der Waals surface area contributed by atoms with Gasteiger partial charge in [0, 0.05) is 23.0 Å². The Morgan fingerprint density at radius 2 is 1.96 bits per heavy atom. The third-order valence-corrected chi connectivity index (χ3v) is 4.58. The second-order valence-corrected chi connectivity index (χ2v) is 6.94. The Morgan fingerprint density at radius 3 is 2.63 bits per heavy atom. The van der Waals surface area contributed by atoms with Gasteiger partial charge in [0.05, 0.1) is 18.7 Å². The van der Waals surface area contributed by atoms with Gasteiger partial charge in [-0.25, -0.2) is 0 Å². The van der Waals surface area contributed by atoms with Gasteiger partial charge in [-0.15, -0.1) is 0 Å². The smallest absolute Gasteiger partial charge is 0.251 e. The van der Waals surface area contributed by atoms with Crippen LogP contribution >= 0.6 is 11.6 Å². The van der Waals surface area contributed by atoms with Crippen LogP contribution in [0.5, 0.6) is 5.75 Å². The van der Waals surface area contributed by atoms with Crippen molar-refractivity contribution in [1.29, 1.82) is 0 Å². The minimum atomic E-state index is -0.219. The quantitative estimate of drug-likeness (QED) is 0.678. The first-order chi connectivity index (χ1) is 13.0. The molecule has 2 aromatic rings. The van der Waals surface area contributed by atoms with Crippen molar-refractivity contribution in [1.82, 2.24) is 5.32 Å². The molecule has 1 fully saturated rings. The van der Waals surface area contributed by atoms with E-state index in [1.807, 2.05) is 13.0 Å². The van der Waals surface area contributed by atoms with Crippen molar-refractivity contribution >= 4 is 34.8 Å². The van der Waals surface area contributed by atoms with Gasteiger partial charge in [-0.2, -0.15) is 0 Å². The zero-order chi connectivity index (χ0) is 19.4. The Morgan fingerprint density at radius 1 is 1.19 bits per heavy atom. The summed E-state index contributed by atoms with van der Waals surface area (Å²) in [4.78, 5) is 24.4. The molecule has 7 heteroatoms. The van der Waals surface area contributed by atoms with Gasteiger partial charge in [0.15, 0.2) is 0 Å². The maximum absolute atomic E-state index is 12.2. The van der Waals surface area contributed by atoms with Crippen LogP contribution in [-0.4, -0.2) is 31.5 Å². The number of nitrogens with one attached hydrogen (secondary N) is 3. The number of anilines is 2. The van der Waals surface area contributed by atoms with Crippen LogP contribution in [0, 0.1) is 6.92 Å². The van der Waals surface area contributed by atoms with Crippen molar-refractivity contribution in [2.75, 3.05) is 24.3 Å². The van der Waals surface area contributed by atoms with E-state index in [4.69, 9.17) is 16.3 Å². The molecule has 1 saturated carbocycles. The van der Waals surface area contributed by atoms with Crippen LogP contribution in [0.1, 0.15) is 28.8 Å². The lowest BCUT2D eigenvalue weighted by molar-refractivity contribution is -0.114. The maximum Gasteiger partial charge on any atom is 0.251 e. The molecule has 1 aliphatic carbocycles. The fourth-order valence-electron chi connectivity index (χ4n) is 2.57. The molecule has 0 saturated heterocycles. The molecular weight excluding hydrogens is 366 g/mol. The minimum Gasteiger partial charge on any atom is -0.495 e. The Kier molecular flexibility index (Phi) is 5.86. The molecule has 3 rings (SSSR count). The summed E-state index contributed by atoms with van der Waals surface area (Å²) in [6, 6.07) is 10.8. The number of benzene rings is 2. The highest BCUT2D eigenvalue weighted by Gasteiger charge is 2.24. The monoisotopic (exact) mass is 387 g/mol. The molecule has 0 bridgehead atoms. The first-order valence-electron chi connectivity index (χ1n) is 8.75. The first kappa shape index (κ1) is 19.0. The van der Waals surface area contributed by atoms with Crippen LogP contribution in [0.2, 0.25) is 5.02 Å². The first-order valence-corrected chi connectivity index (χ1v) is 9.13. The van der Waals surface area contributed by atoms with E-state index in [1.165, 1.54) is 7.11 Å². The second-order valence-electron chi connectivity index (χ2n) is 6.53. The van der Waals surface area contributed by atoms with Gasteiger partial charge in [0.1, 0.15) is 5.75 Å². The number of carbonyl (C=O) groups is 2. The van der Waals surface area contributed by atoms with Crippen molar-refractivity contribution in [2.24, 2.45) is 0 Å². The molecule has 27 heavy (non-hydrogen) atoms. The third-order valence-electron chi connectivity index (χ3n) is 4.29. The number of carbonyl (C=O) groups excluding carboxylic acids is 2. The van der Waals surface area contributed by atoms with Gasteiger partial charge in [-0.05, 0) is 55.7 Å². The number of halogens is 1. The molecule has 1 aliphatic rings. The average Bonchev–Trinajstić information content (AvgIpc) is 3.45. The number of hydrogen-bond donors (Lipinski definition) is 3. The van der Waals surface area contributed by atoms with E-state index in [0.29, 0.717) is 28.1 Å². The number of methoxy groups -OCH3 is 1. The van der Waals surface area contributed by atoms with Gasteiger partial charge in [-0.1, -0.05) is 17.7 Å². The SMILES string of the molecule is COc1ccc(NC(=O)CNc2cc(C(=O)NC3CC3)ccc2C)cc1Cl. The normalized spacial score (nSPS) is 13.0. The van der Waals surface area contributed by atoms with Gasteiger partial charge in [-0.3, -0.25) is 9.59 Å². The standard InChI is InChI=1S/C20H22ClN3O3/c1-12-3-4-13(20(26)24-14-5-6-14)9-17(12)22-11-19(25)23-15-7-8-18(27-2)16(21)10-15/h3-4,7-10,14,22H,5-6,11H2,1-2H3,(H,23,25)(H,24,26). The summed E-state index contributed by atoms with van der Waals surface area (Å²) in [6.45, 7) is 1.99. The summed E-state index contributed by atoms with van der Waals surface area (Å²) in [5.74, 6) is 0.242. The van der Waals surface area contributed by atoms with Crippen LogP contribution < -0.4 is 20.7 Å². The molecule has 0 aromatic heterocycles. The summed E-state index contributed by atoms with van der Waals surface area (Å²) in [5.41, 5.74) is 2.87. The van der Waals surface area contributed by atoms with Crippen molar-refractivity contribution in [3.8, 4) is 5.75 Å². The summed E-state index contributed by atoms with van der Waals surface area (Å²) in [6.07, 6.45) is 2.08. The number of amides is 2. The van der Waals surface area contributed by atoms with Crippen LogP contribution in [-0.2, 0) is 4.79 Å². The minimum absolute atomic E-state index is 0.0676. The summed E-state index contributed by atoms with van der Waals surface area (Å²) < 4.78 is 5.09. The predicted octanol–water partition coefficient (Wildman–Crippen LogP) is 3.60. The molecule has 3 N–H and O–H groups in total. The van der Waals surface area contributed by atoms with Gasteiger partial charge >= 0.3 is 0 Å². The van der Waals surface area contributed by atoms with E-state index < -0.39 is 0 Å². The van der Waals surface area contributed by atoms with Gasteiger partial charge in [0.2, 0.25) is 5.91 Å². The van der Waals surface area contributed by atoms with E-state index in [2.05, 4.69) is 16.0 Å². The zero-order valence-electron chi connectivity index (χ0n) is 15.3. The lowest BCUT2D eigenvalue weighted by atomic mass is 10.1. The average molecular weight is 388 g/mol. The summed E-state index contributed by atoms with van der Waals surface area (Å²) >= 11 is 6.06. The predicted molar refractivity (Wildman–Crippen MR) is 107 cm³/mol. The van der Waals surface area contributed by atoms with E-state index in [0.717, 1.165) is 24.1 Å². The molecule has 0 radical (unpaired) electrons. The highest BCUT2D eigenvalue weighted by atomic mass is 35.5. The lowest BCUT2D eigenvalue weighted by Gasteiger charge is -2.12. The Balaban J connectivity index is 1.59. The van der Waals surface area contributed by atoms with Crippen LogP contribution in [0.4, 0.5) is 11.4 Å². The molecule has 2 amide bonds. The summed E-state index contributed by atoms with van der Waals surface area (Å²) in [5, 5.41) is 9.24. The van der Waals surface area contributed by atoms with Crippen molar-refractivity contribution in [2.45, 2.75) is 25.8 Å². The largest absolute Gasteiger partial charge is 0.495 e. The van der Waals surface area contributed by atoms with E-state index >= 15 is 0 Å². The maximum atomic E-state index is 12.2. The molecule has 142 valence electrons. The van der Waals surface area contributed by atoms with Crippen LogP contribution in [0.15, 0.2) is 36.4 Å². The Bertz CT molecular complexity index is 866. The van der Waals surface area contributed by atoms with Gasteiger partial charge in [0.25, 0.3) is 5.91 Å². The topological polar surface area (TPSA) is 79.5 Å². The third kappa shape index (κ3) is 5.14. The highest BCUT2D eigenvalue weighted by molar-refractivity contribution is 6.32. The lowest BCUT2D eigenvalue weighted by Crippen LogP contribution is -2.26. The van der Waals surface area contributed by atoms with Crippen LogP contribution in [0.3, 0.4) is 0 Å². The molecular formula is C20H22ClN3O3. The molecule has 0 heterocycles. The number of aryl methyl sites for hydroxylation is 1. The Hall–Kier alpha value is -2.73. The van der Waals surface area contributed by atoms with E-state index in [9.17, 15) is 9.59 Å².